The minimum atomic E-state index is -0.445. The molecule has 1 aromatic carbocycles. The molecular weight excluding hydrogens is 314 g/mol. The predicted octanol–water partition coefficient (Wildman–Crippen LogP) is 2.25. The van der Waals surface area contributed by atoms with Crippen molar-refractivity contribution in [2.24, 2.45) is 11.7 Å². The highest BCUT2D eigenvalue weighted by Gasteiger charge is 2.28. The van der Waals surface area contributed by atoms with Gasteiger partial charge in [-0.1, -0.05) is 12.1 Å². The lowest BCUT2D eigenvalue weighted by Gasteiger charge is -2.38. The van der Waals surface area contributed by atoms with E-state index < -0.39 is 5.91 Å². The van der Waals surface area contributed by atoms with Crippen molar-refractivity contribution in [3.8, 4) is 5.75 Å². The molecule has 0 unspecified atom stereocenters. The molecule has 5 heteroatoms. The number of primary amides is 1. The Morgan fingerprint density at radius 3 is 2.64 bits per heavy atom. The summed E-state index contributed by atoms with van der Waals surface area (Å²) in [6, 6.07) is 8.72. The standard InChI is InChI=1S/C20H31N3O2/c1-16(23-9-2-3-10-23)18-7-11-22(12-8-18)14-17-5-4-6-19(13-17)25-15-20(21)24/h4-6,13,16,18H,2-3,7-12,14-15H2,1H3,(H2,21,24)/t16-/m0/s1. The van der Waals surface area contributed by atoms with Gasteiger partial charge in [0.05, 0.1) is 0 Å². The second-order valence-electron chi connectivity index (χ2n) is 7.50. The van der Waals surface area contributed by atoms with E-state index in [1.807, 2.05) is 18.2 Å². The lowest BCUT2D eigenvalue weighted by molar-refractivity contribution is -0.119. The number of carbonyl (C=O) groups excluding carboxylic acids is 1. The molecule has 0 spiro atoms. The fraction of sp³-hybridized carbons (Fsp3) is 0.650. The third-order valence-electron chi connectivity index (χ3n) is 5.72. The van der Waals surface area contributed by atoms with Crippen molar-refractivity contribution >= 4 is 5.91 Å². The van der Waals surface area contributed by atoms with Crippen molar-refractivity contribution in [1.82, 2.24) is 9.80 Å². The summed E-state index contributed by atoms with van der Waals surface area (Å²) >= 11 is 0. The Bertz CT molecular complexity index is 564. The lowest BCUT2D eigenvalue weighted by Crippen LogP contribution is -2.42. The molecule has 3 rings (SSSR count). The Morgan fingerprint density at radius 2 is 1.96 bits per heavy atom. The molecule has 2 fully saturated rings. The second kappa shape index (κ2) is 8.68. The maximum atomic E-state index is 10.8. The fourth-order valence-corrected chi connectivity index (χ4v) is 4.19. The van der Waals surface area contributed by atoms with E-state index in [0.717, 1.165) is 31.6 Å². The van der Waals surface area contributed by atoms with Crippen LogP contribution in [0.1, 0.15) is 38.2 Å². The summed E-state index contributed by atoms with van der Waals surface area (Å²) < 4.78 is 5.40. The van der Waals surface area contributed by atoms with Gasteiger partial charge in [0.15, 0.2) is 6.61 Å². The topological polar surface area (TPSA) is 58.8 Å². The minimum absolute atomic E-state index is 0.0662. The summed E-state index contributed by atoms with van der Waals surface area (Å²) in [5.74, 6) is 1.10. The molecule has 2 aliphatic rings. The van der Waals surface area contributed by atoms with E-state index in [4.69, 9.17) is 10.5 Å². The second-order valence-corrected chi connectivity index (χ2v) is 7.50. The van der Waals surface area contributed by atoms with Crippen LogP contribution in [0, 0.1) is 5.92 Å². The molecule has 25 heavy (non-hydrogen) atoms. The SMILES string of the molecule is C[C@@H](C1CCN(Cc2cccc(OCC(N)=O)c2)CC1)N1CCCC1. The van der Waals surface area contributed by atoms with Crippen LogP contribution in [0.25, 0.3) is 0 Å². The van der Waals surface area contributed by atoms with Gasteiger partial charge in [-0.05, 0) is 82.4 Å². The van der Waals surface area contributed by atoms with E-state index in [9.17, 15) is 4.79 Å². The van der Waals surface area contributed by atoms with Crippen molar-refractivity contribution in [1.29, 1.82) is 0 Å². The highest BCUT2D eigenvalue weighted by molar-refractivity contribution is 5.75. The van der Waals surface area contributed by atoms with E-state index in [1.165, 1.54) is 44.3 Å². The summed E-state index contributed by atoms with van der Waals surface area (Å²) in [5.41, 5.74) is 6.36. The number of carbonyl (C=O) groups is 1. The molecule has 0 aromatic heterocycles. The number of nitrogens with zero attached hydrogens (tertiary/aromatic N) is 2. The molecule has 2 heterocycles. The lowest BCUT2D eigenvalue weighted by atomic mass is 9.89. The summed E-state index contributed by atoms with van der Waals surface area (Å²) in [7, 11) is 0. The Hall–Kier alpha value is -1.59. The first-order valence-electron chi connectivity index (χ1n) is 9.58. The van der Waals surface area contributed by atoms with Crippen LogP contribution in [-0.2, 0) is 11.3 Å². The first-order valence-corrected chi connectivity index (χ1v) is 9.58. The fourth-order valence-electron chi connectivity index (χ4n) is 4.19. The molecule has 0 aliphatic carbocycles. The number of hydrogen-bond acceptors (Lipinski definition) is 4. The van der Waals surface area contributed by atoms with Gasteiger partial charge in [0, 0.05) is 12.6 Å². The average Bonchev–Trinajstić information content (AvgIpc) is 3.15. The van der Waals surface area contributed by atoms with Crippen LogP contribution in [0.3, 0.4) is 0 Å². The van der Waals surface area contributed by atoms with E-state index in [-0.39, 0.29) is 6.61 Å². The van der Waals surface area contributed by atoms with Crippen molar-refractivity contribution in [2.45, 2.75) is 45.2 Å². The zero-order valence-electron chi connectivity index (χ0n) is 15.3. The molecular formula is C20H31N3O2. The molecule has 2 N–H and O–H groups in total. The Labute approximate surface area is 151 Å². The maximum absolute atomic E-state index is 10.8. The van der Waals surface area contributed by atoms with Crippen LogP contribution < -0.4 is 10.5 Å². The summed E-state index contributed by atoms with van der Waals surface area (Å²) in [6.45, 7) is 8.20. The maximum Gasteiger partial charge on any atom is 0.255 e. The molecule has 2 saturated heterocycles. The largest absolute Gasteiger partial charge is 0.484 e. The monoisotopic (exact) mass is 345 g/mol. The molecule has 1 aromatic rings. The summed E-state index contributed by atoms with van der Waals surface area (Å²) in [5, 5.41) is 0. The van der Waals surface area contributed by atoms with Crippen molar-refractivity contribution in [2.75, 3.05) is 32.8 Å². The average molecular weight is 345 g/mol. The first-order chi connectivity index (χ1) is 12.1. The van der Waals surface area contributed by atoms with Crippen molar-refractivity contribution in [3.63, 3.8) is 0 Å². The van der Waals surface area contributed by atoms with Crippen LogP contribution >= 0.6 is 0 Å². The zero-order valence-corrected chi connectivity index (χ0v) is 15.3. The van der Waals surface area contributed by atoms with Gasteiger partial charge in [-0.15, -0.1) is 0 Å². The first kappa shape index (κ1) is 18.2. The predicted molar refractivity (Wildman–Crippen MR) is 99.4 cm³/mol. The highest BCUT2D eigenvalue weighted by Crippen LogP contribution is 2.27. The number of nitrogens with two attached hydrogens (primary N) is 1. The van der Waals surface area contributed by atoms with Crippen LogP contribution in [0.4, 0.5) is 0 Å². The molecule has 1 amide bonds. The van der Waals surface area contributed by atoms with Crippen LogP contribution in [0.2, 0.25) is 0 Å². The number of amides is 1. The van der Waals surface area contributed by atoms with Gasteiger partial charge in [0.2, 0.25) is 0 Å². The van der Waals surface area contributed by atoms with E-state index >= 15 is 0 Å². The third kappa shape index (κ3) is 5.19. The molecule has 138 valence electrons. The smallest absolute Gasteiger partial charge is 0.255 e. The van der Waals surface area contributed by atoms with Gasteiger partial charge in [-0.25, -0.2) is 0 Å². The van der Waals surface area contributed by atoms with Crippen LogP contribution in [0.5, 0.6) is 5.75 Å². The normalized spacial score (nSPS) is 21.3. The minimum Gasteiger partial charge on any atom is -0.484 e. The molecule has 0 radical (unpaired) electrons. The number of rotatable bonds is 7. The Balaban J connectivity index is 1.47. The molecule has 5 nitrogen and oxygen atoms in total. The van der Waals surface area contributed by atoms with Gasteiger partial charge in [0.1, 0.15) is 5.75 Å². The van der Waals surface area contributed by atoms with E-state index in [0.29, 0.717) is 5.75 Å². The van der Waals surface area contributed by atoms with Gasteiger partial charge in [-0.2, -0.15) is 0 Å². The Kier molecular flexibility index (Phi) is 6.32. The zero-order chi connectivity index (χ0) is 17.6. The number of hydrogen-bond donors (Lipinski definition) is 1. The Morgan fingerprint density at radius 1 is 1.24 bits per heavy atom. The van der Waals surface area contributed by atoms with Gasteiger partial charge >= 0.3 is 0 Å². The van der Waals surface area contributed by atoms with Crippen molar-refractivity contribution in [3.05, 3.63) is 29.8 Å². The third-order valence-corrected chi connectivity index (χ3v) is 5.72. The van der Waals surface area contributed by atoms with Crippen LogP contribution in [0.15, 0.2) is 24.3 Å². The highest BCUT2D eigenvalue weighted by atomic mass is 16.5. The molecule has 0 saturated carbocycles. The van der Waals surface area contributed by atoms with E-state index in [2.05, 4.69) is 22.8 Å². The summed E-state index contributed by atoms with van der Waals surface area (Å²) in [6.07, 6.45) is 5.32. The summed E-state index contributed by atoms with van der Waals surface area (Å²) in [4.78, 5) is 16.0. The molecule has 0 bridgehead atoms. The molecule has 1 atom stereocenters. The van der Waals surface area contributed by atoms with Gasteiger partial charge in [0.25, 0.3) is 5.91 Å². The number of ether oxygens (including phenoxy) is 1. The quantitative estimate of drug-likeness (QED) is 0.823. The van der Waals surface area contributed by atoms with Gasteiger partial charge in [-0.3, -0.25) is 9.69 Å². The van der Waals surface area contributed by atoms with E-state index in [1.54, 1.807) is 0 Å². The van der Waals surface area contributed by atoms with Gasteiger partial charge < -0.3 is 15.4 Å². The number of benzene rings is 1. The molecule has 2 aliphatic heterocycles. The van der Waals surface area contributed by atoms with Crippen molar-refractivity contribution < 1.29 is 9.53 Å². The number of likely N-dealkylation sites (tertiary alicyclic amines) is 2. The number of piperidine rings is 1. The van der Waals surface area contributed by atoms with Crippen LogP contribution in [-0.4, -0.2) is 54.5 Å².